The van der Waals surface area contributed by atoms with Crippen molar-refractivity contribution < 1.29 is 0 Å². The van der Waals surface area contributed by atoms with Gasteiger partial charge in [0, 0.05) is 5.16 Å². The second kappa shape index (κ2) is 4.75. The maximum absolute atomic E-state index is 2.30. The van der Waals surface area contributed by atoms with Crippen LogP contribution in [0.1, 0.15) is 31.9 Å². The highest BCUT2D eigenvalue weighted by atomic mass is 31.1. The molecule has 1 unspecified atom stereocenters. The van der Waals surface area contributed by atoms with Crippen molar-refractivity contribution in [3.05, 3.63) is 41.5 Å². The highest BCUT2D eigenvalue weighted by Crippen LogP contribution is 2.38. The molecule has 0 spiro atoms. The van der Waals surface area contributed by atoms with E-state index in [2.05, 4.69) is 56.9 Å². The van der Waals surface area contributed by atoms with Gasteiger partial charge >= 0.3 is 0 Å². The van der Waals surface area contributed by atoms with E-state index >= 15 is 0 Å². The van der Waals surface area contributed by atoms with E-state index < -0.39 is 0 Å². The summed E-state index contributed by atoms with van der Waals surface area (Å²) >= 11 is 0. The van der Waals surface area contributed by atoms with Gasteiger partial charge in [-0.25, -0.2) is 0 Å². The summed E-state index contributed by atoms with van der Waals surface area (Å²) in [6.45, 7) is 8.91. The van der Waals surface area contributed by atoms with E-state index in [1.165, 1.54) is 11.1 Å². The molecule has 0 heterocycles. The van der Waals surface area contributed by atoms with Gasteiger partial charge in [-0.05, 0) is 24.7 Å². The topological polar surface area (TPSA) is 0 Å². The van der Waals surface area contributed by atoms with Gasteiger partial charge in [0.05, 0.1) is 0 Å². The normalized spacial score (nSPS) is 13.1. The molecule has 0 aliphatic rings. The lowest BCUT2D eigenvalue weighted by molar-refractivity contribution is 0.776. The van der Waals surface area contributed by atoms with Gasteiger partial charge in [0.1, 0.15) is 0 Å². The van der Waals surface area contributed by atoms with Crippen LogP contribution in [0.2, 0.25) is 0 Å². The summed E-state index contributed by atoms with van der Waals surface area (Å²) in [5.41, 5.74) is 2.72. The van der Waals surface area contributed by atoms with Crippen molar-refractivity contribution in [3.63, 3.8) is 0 Å². The molecule has 0 aliphatic carbocycles. The molecule has 0 radical (unpaired) electrons. The van der Waals surface area contributed by atoms with Gasteiger partial charge in [0.2, 0.25) is 0 Å². The molecule has 1 rings (SSSR count). The summed E-state index contributed by atoms with van der Waals surface area (Å²) in [7, 11) is 0.942. The van der Waals surface area contributed by atoms with Crippen LogP contribution in [0.4, 0.5) is 0 Å². The highest BCUT2D eigenvalue weighted by molar-refractivity contribution is 7.38. The summed E-state index contributed by atoms with van der Waals surface area (Å²) in [5, 5.41) is 0.328. The van der Waals surface area contributed by atoms with Crippen LogP contribution >= 0.6 is 8.58 Å². The fourth-order valence-electron chi connectivity index (χ4n) is 1.35. The maximum atomic E-state index is 2.30. The van der Waals surface area contributed by atoms with Crippen LogP contribution in [0.3, 0.4) is 0 Å². The Hall–Kier alpha value is -0.610. The third kappa shape index (κ3) is 2.69. The van der Waals surface area contributed by atoms with E-state index in [9.17, 15) is 0 Å². The minimum absolute atomic E-state index is 0.328. The van der Waals surface area contributed by atoms with E-state index in [0.29, 0.717) is 5.16 Å². The predicted octanol–water partition coefficient (Wildman–Crippen LogP) is 4.26. The first-order chi connectivity index (χ1) is 6.60. The van der Waals surface area contributed by atoms with E-state index in [0.717, 1.165) is 8.58 Å². The lowest BCUT2D eigenvalue weighted by Gasteiger charge is -2.23. The molecule has 0 aromatic heterocycles. The Morgan fingerprint density at radius 2 is 1.71 bits per heavy atom. The van der Waals surface area contributed by atoms with Gasteiger partial charge in [-0.1, -0.05) is 50.3 Å². The molecular formula is C13H19P. The fraction of sp³-hybridized carbons (Fsp3) is 0.385. The van der Waals surface area contributed by atoms with Gasteiger partial charge in [-0.2, -0.15) is 0 Å². The Morgan fingerprint density at radius 3 is 2.14 bits per heavy atom. The third-order valence-electron chi connectivity index (χ3n) is 2.62. The molecule has 0 saturated carbocycles. The second-order valence-electron chi connectivity index (χ2n) is 4.00. The molecule has 1 atom stereocenters. The van der Waals surface area contributed by atoms with Crippen molar-refractivity contribution in [2.24, 2.45) is 0 Å². The zero-order chi connectivity index (χ0) is 10.6. The summed E-state index contributed by atoms with van der Waals surface area (Å²) in [6.07, 6.45) is 4.20. The van der Waals surface area contributed by atoms with Crippen LogP contribution in [-0.4, -0.2) is 6.66 Å². The molecule has 14 heavy (non-hydrogen) atoms. The second-order valence-corrected chi connectivity index (χ2v) is 5.75. The number of allylic oxidation sites excluding steroid dienone is 1. The van der Waals surface area contributed by atoms with Crippen molar-refractivity contribution in [3.8, 4) is 0 Å². The average Bonchev–Trinajstić information content (AvgIpc) is 2.19. The number of rotatable bonds is 3. The molecule has 0 saturated heterocycles. The van der Waals surface area contributed by atoms with Crippen LogP contribution in [0.25, 0.3) is 6.08 Å². The van der Waals surface area contributed by atoms with Gasteiger partial charge in [0.15, 0.2) is 0 Å². The van der Waals surface area contributed by atoms with E-state index in [4.69, 9.17) is 0 Å². The van der Waals surface area contributed by atoms with Crippen molar-refractivity contribution in [1.82, 2.24) is 0 Å². The van der Waals surface area contributed by atoms with Crippen molar-refractivity contribution in [1.29, 1.82) is 0 Å². The molecule has 0 nitrogen and oxygen atoms in total. The number of hydrogen-bond donors (Lipinski definition) is 0. The van der Waals surface area contributed by atoms with E-state index in [-0.39, 0.29) is 0 Å². The minimum atomic E-state index is 0.328. The minimum Gasteiger partial charge on any atom is -0.115 e. The highest BCUT2D eigenvalue weighted by Gasteiger charge is 2.16. The summed E-state index contributed by atoms with van der Waals surface area (Å²) < 4.78 is 0. The molecule has 0 amide bonds. The SMILES string of the molecule is C/C=C/c1ccc(C(C)(C)PC)cc1. The van der Waals surface area contributed by atoms with Gasteiger partial charge in [-0.15, -0.1) is 8.58 Å². The average molecular weight is 206 g/mol. The summed E-state index contributed by atoms with van der Waals surface area (Å²) in [5.74, 6) is 0. The molecule has 1 aromatic rings. The Labute approximate surface area is 89.2 Å². The third-order valence-corrected chi connectivity index (χ3v) is 4.16. The van der Waals surface area contributed by atoms with Crippen LogP contribution in [0, 0.1) is 0 Å². The van der Waals surface area contributed by atoms with E-state index in [1.807, 2.05) is 6.92 Å². The van der Waals surface area contributed by atoms with Gasteiger partial charge in [0.25, 0.3) is 0 Å². The standard InChI is InChI=1S/C13H19P/c1-5-6-11-7-9-12(10-8-11)13(2,3)14-4/h5-10,14H,1-4H3/b6-5+. The van der Waals surface area contributed by atoms with E-state index in [1.54, 1.807) is 0 Å². The molecule has 0 fully saturated rings. The first-order valence-corrected chi connectivity index (χ1v) is 6.52. The van der Waals surface area contributed by atoms with Crippen molar-refractivity contribution in [2.45, 2.75) is 25.9 Å². The molecular weight excluding hydrogens is 187 g/mol. The Morgan fingerprint density at radius 1 is 1.14 bits per heavy atom. The summed E-state index contributed by atoms with van der Waals surface area (Å²) in [6, 6.07) is 8.87. The smallest absolute Gasteiger partial charge is 0.00672 e. The Kier molecular flexibility index (Phi) is 3.89. The Balaban J connectivity index is 2.93. The zero-order valence-electron chi connectivity index (χ0n) is 9.46. The quantitative estimate of drug-likeness (QED) is 0.648. The predicted molar refractivity (Wildman–Crippen MR) is 68.4 cm³/mol. The maximum Gasteiger partial charge on any atom is 0.00672 e. The van der Waals surface area contributed by atoms with Crippen LogP contribution in [0.15, 0.2) is 30.3 Å². The van der Waals surface area contributed by atoms with Crippen molar-refractivity contribution >= 4 is 14.7 Å². The molecule has 0 aliphatic heterocycles. The number of hydrogen-bond acceptors (Lipinski definition) is 0. The monoisotopic (exact) mass is 206 g/mol. The Bertz CT molecular complexity index is 307. The molecule has 1 heteroatoms. The summed E-state index contributed by atoms with van der Waals surface area (Å²) in [4.78, 5) is 0. The lowest BCUT2D eigenvalue weighted by atomic mass is 10.0. The molecule has 0 N–H and O–H groups in total. The van der Waals surface area contributed by atoms with Gasteiger partial charge in [-0.3, -0.25) is 0 Å². The largest absolute Gasteiger partial charge is 0.115 e. The van der Waals surface area contributed by atoms with Crippen LogP contribution in [-0.2, 0) is 5.16 Å². The first kappa shape index (κ1) is 11.5. The van der Waals surface area contributed by atoms with Gasteiger partial charge < -0.3 is 0 Å². The first-order valence-electron chi connectivity index (χ1n) is 5.02. The fourth-order valence-corrected chi connectivity index (χ4v) is 1.80. The van der Waals surface area contributed by atoms with Crippen LogP contribution in [0.5, 0.6) is 0 Å². The van der Waals surface area contributed by atoms with Crippen molar-refractivity contribution in [2.75, 3.05) is 6.66 Å². The zero-order valence-corrected chi connectivity index (χ0v) is 10.5. The molecule has 76 valence electrons. The molecule has 0 bridgehead atoms. The van der Waals surface area contributed by atoms with Crippen LogP contribution < -0.4 is 0 Å². The lowest BCUT2D eigenvalue weighted by Crippen LogP contribution is -2.08. The molecule has 1 aromatic carbocycles. The number of benzene rings is 1.